The van der Waals surface area contributed by atoms with E-state index in [2.05, 4.69) is 62.0 Å². The molecule has 29 heavy (non-hydrogen) atoms. The van der Waals surface area contributed by atoms with Gasteiger partial charge in [-0.3, -0.25) is 9.80 Å². The summed E-state index contributed by atoms with van der Waals surface area (Å²) in [5.74, 6) is 0.0859. The van der Waals surface area contributed by atoms with Crippen molar-refractivity contribution < 1.29 is 9.53 Å². The highest BCUT2D eigenvalue weighted by Crippen LogP contribution is 2.28. The Morgan fingerprint density at radius 3 is 2.10 bits per heavy atom. The first kappa shape index (κ1) is 22.2. The first-order valence-electron chi connectivity index (χ1n) is 10.6. The maximum Gasteiger partial charge on any atom is 0.243 e. The highest BCUT2D eigenvalue weighted by molar-refractivity contribution is 5.80. The van der Waals surface area contributed by atoms with Gasteiger partial charge in [-0.05, 0) is 50.3 Å². The average molecular weight is 404 g/mol. The zero-order chi connectivity index (χ0) is 21.2. The summed E-state index contributed by atoms with van der Waals surface area (Å²) in [4.78, 5) is 13.7. The van der Waals surface area contributed by atoms with Crippen molar-refractivity contribution in [1.82, 2.24) is 20.0 Å². The predicted molar refractivity (Wildman–Crippen MR) is 115 cm³/mol. The van der Waals surface area contributed by atoms with E-state index in [9.17, 15) is 4.79 Å². The SMILES string of the molecule is Cc1cc(C)c(CC(=O)N(N2CCOCC2)C2(N)CCN(N(C)C)CC2)c(C)c1. The molecule has 1 amide bonds. The highest BCUT2D eigenvalue weighted by atomic mass is 16.5. The van der Waals surface area contributed by atoms with Gasteiger partial charge in [0.25, 0.3) is 0 Å². The number of morpholine rings is 1. The molecule has 0 aromatic heterocycles. The quantitative estimate of drug-likeness (QED) is 0.751. The van der Waals surface area contributed by atoms with Crippen LogP contribution in [0.1, 0.15) is 35.1 Å². The maximum absolute atomic E-state index is 13.7. The van der Waals surface area contributed by atoms with Gasteiger partial charge in [0.05, 0.1) is 19.6 Å². The Hall–Kier alpha value is -1.51. The Bertz CT molecular complexity index is 699. The van der Waals surface area contributed by atoms with Crippen LogP contribution in [0.4, 0.5) is 0 Å². The number of hydrogen-bond donors (Lipinski definition) is 1. The topological polar surface area (TPSA) is 65.3 Å². The van der Waals surface area contributed by atoms with Crippen LogP contribution in [0.2, 0.25) is 0 Å². The van der Waals surface area contributed by atoms with Crippen molar-refractivity contribution in [2.24, 2.45) is 5.73 Å². The molecule has 0 radical (unpaired) electrons. The fraction of sp³-hybridized carbons (Fsp3) is 0.682. The highest BCUT2D eigenvalue weighted by Gasteiger charge is 2.43. The monoisotopic (exact) mass is 403 g/mol. The van der Waals surface area contributed by atoms with Gasteiger partial charge in [0.15, 0.2) is 0 Å². The second-order valence-electron chi connectivity index (χ2n) is 8.73. The smallest absolute Gasteiger partial charge is 0.243 e. The van der Waals surface area contributed by atoms with Crippen LogP contribution < -0.4 is 5.73 Å². The number of nitrogens with two attached hydrogens (primary N) is 1. The molecule has 1 aromatic rings. The third kappa shape index (κ3) is 4.98. The molecule has 2 aliphatic rings. The van der Waals surface area contributed by atoms with Gasteiger partial charge in [-0.15, -0.1) is 0 Å². The third-order valence-corrected chi connectivity index (χ3v) is 6.27. The van der Waals surface area contributed by atoms with Crippen molar-refractivity contribution >= 4 is 5.91 Å². The van der Waals surface area contributed by atoms with E-state index in [1.54, 1.807) is 0 Å². The van der Waals surface area contributed by atoms with Crippen LogP contribution in [-0.4, -0.2) is 85.1 Å². The Morgan fingerprint density at radius 2 is 1.59 bits per heavy atom. The molecule has 0 unspecified atom stereocenters. The normalized spacial score (nSPS) is 20.8. The summed E-state index contributed by atoms with van der Waals surface area (Å²) in [5, 5.41) is 8.40. The number of nitrogens with zero attached hydrogens (tertiary/aromatic N) is 4. The van der Waals surface area contributed by atoms with Gasteiger partial charge in [0.1, 0.15) is 5.66 Å². The van der Waals surface area contributed by atoms with E-state index < -0.39 is 5.66 Å². The Morgan fingerprint density at radius 1 is 1.03 bits per heavy atom. The largest absolute Gasteiger partial charge is 0.379 e. The van der Waals surface area contributed by atoms with Gasteiger partial charge in [-0.1, -0.05) is 17.7 Å². The van der Waals surface area contributed by atoms with Gasteiger partial charge in [0, 0.05) is 40.3 Å². The molecule has 2 N–H and O–H groups in total. The molecule has 3 rings (SSSR count). The molecule has 2 aliphatic heterocycles. The number of hydrazine groups is 2. The van der Waals surface area contributed by atoms with Crippen molar-refractivity contribution in [2.75, 3.05) is 53.5 Å². The first-order chi connectivity index (χ1) is 13.7. The van der Waals surface area contributed by atoms with E-state index in [1.165, 1.54) is 16.7 Å². The minimum Gasteiger partial charge on any atom is -0.379 e. The molecule has 7 heteroatoms. The summed E-state index contributed by atoms with van der Waals surface area (Å²) >= 11 is 0. The van der Waals surface area contributed by atoms with Crippen molar-refractivity contribution in [3.63, 3.8) is 0 Å². The lowest BCUT2D eigenvalue weighted by molar-refractivity contribution is -0.188. The summed E-state index contributed by atoms with van der Waals surface area (Å²) in [6.45, 7) is 10.6. The molecule has 0 aliphatic carbocycles. The third-order valence-electron chi connectivity index (χ3n) is 6.27. The lowest BCUT2D eigenvalue weighted by atomic mass is 9.94. The summed E-state index contributed by atoms with van der Waals surface area (Å²) in [6, 6.07) is 4.31. The number of amides is 1. The second kappa shape index (κ2) is 9.10. The Balaban J connectivity index is 1.85. The summed E-state index contributed by atoms with van der Waals surface area (Å²) in [6.07, 6.45) is 1.88. The zero-order valence-electron chi connectivity index (χ0n) is 18.7. The van der Waals surface area contributed by atoms with Crippen LogP contribution in [0.15, 0.2) is 12.1 Å². The van der Waals surface area contributed by atoms with E-state index in [4.69, 9.17) is 10.5 Å². The van der Waals surface area contributed by atoms with Gasteiger partial charge in [-0.2, -0.15) is 0 Å². The van der Waals surface area contributed by atoms with Gasteiger partial charge in [0.2, 0.25) is 5.91 Å². The van der Waals surface area contributed by atoms with Gasteiger partial charge >= 0.3 is 0 Å². The van der Waals surface area contributed by atoms with E-state index in [0.29, 0.717) is 32.7 Å². The van der Waals surface area contributed by atoms with Crippen LogP contribution in [0.5, 0.6) is 0 Å². The maximum atomic E-state index is 13.7. The summed E-state index contributed by atoms with van der Waals surface area (Å²) in [5.41, 5.74) is 11.0. The molecule has 0 spiro atoms. The predicted octanol–water partition coefficient (Wildman–Crippen LogP) is 1.46. The van der Waals surface area contributed by atoms with Crippen molar-refractivity contribution in [3.05, 3.63) is 34.4 Å². The van der Waals surface area contributed by atoms with Crippen molar-refractivity contribution in [2.45, 2.75) is 45.7 Å². The molecular weight excluding hydrogens is 366 g/mol. The Kier molecular flexibility index (Phi) is 6.96. The summed E-state index contributed by atoms with van der Waals surface area (Å²) < 4.78 is 5.53. The van der Waals surface area contributed by atoms with Gasteiger partial charge in [-0.25, -0.2) is 15.0 Å². The van der Waals surface area contributed by atoms with Crippen molar-refractivity contribution in [3.8, 4) is 0 Å². The molecule has 1 aromatic carbocycles. The molecule has 0 bridgehead atoms. The van der Waals surface area contributed by atoms with Crippen LogP contribution >= 0.6 is 0 Å². The number of hydrogen-bond acceptors (Lipinski definition) is 6. The minimum atomic E-state index is -0.659. The molecule has 7 nitrogen and oxygen atoms in total. The van der Waals surface area contributed by atoms with Crippen LogP contribution in [0.25, 0.3) is 0 Å². The molecule has 2 saturated heterocycles. The van der Waals surface area contributed by atoms with E-state index in [0.717, 1.165) is 31.5 Å². The standard InChI is InChI=1S/C22H37N5O2/c1-17-14-18(2)20(19(3)15-17)16-21(28)27(26-10-12-29-13-11-26)22(23)6-8-25(9-7-22)24(4)5/h14-15H,6-13,16,23H2,1-5H3. The van der Waals surface area contributed by atoms with Crippen LogP contribution in [0.3, 0.4) is 0 Å². The fourth-order valence-electron chi connectivity index (χ4n) is 4.65. The average Bonchev–Trinajstić information content (AvgIpc) is 2.66. The fourth-order valence-corrected chi connectivity index (χ4v) is 4.65. The molecule has 2 heterocycles. The van der Waals surface area contributed by atoms with E-state index in [-0.39, 0.29) is 5.91 Å². The number of carbonyl (C=O) groups excluding carboxylic acids is 1. The molecule has 0 atom stereocenters. The number of piperidine rings is 1. The zero-order valence-corrected chi connectivity index (χ0v) is 18.7. The molecule has 162 valence electrons. The number of rotatable bonds is 5. The van der Waals surface area contributed by atoms with Crippen LogP contribution in [0, 0.1) is 20.8 Å². The molecular formula is C22H37N5O2. The number of carbonyl (C=O) groups is 1. The number of ether oxygens (including phenoxy) is 1. The van der Waals surface area contributed by atoms with E-state index >= 15 is 0 Å². The van der Waals surface area contributed by atoms with E-state index in [1.807, 2.05) is 5.01 Å². The van der Waals surface area contributed by atoms with Gasteiger partial charge < -0.3 is 10.5 Å². The lowest BCUT2D eigenvalue weighted by Gasteiger charge is -2.51. The molecule has 0 saturated carbocycles. The minimum absolute atomic E-state index is 0.0859. The number of aryl methyl sites for hydroxylation is 3. The van der Waals surface area contributed by atoms with Crippen molar-refractivity contribution in [1.29, 1.82) is 0 Å². The summed E-state index contributed by atoms with van der Waals surface area (Å²) in [7, 11) is 4.11. The van der Waals surface area contributed by atoms with Crippen LogP contribution in [-0.2, 0) is 16.0 Å². The first-order valence-corrected chi connectivity index (χ1v) is 10.6. The lowest BCUT2D eigenvalue weighted by Crippen LogP contribution is -2.69. The Labute approximate surface area is 175 Å². The second-order valence-corrected chi connectivity index (χ2v) is 8.73. The molecule has 2 fully saturated rings. The number of benzene rings is 1.